The van der Waals surface area contributed by atoms with Crippen molar-refractivity contribution < 1.29 is 19.4 Å². The average molecular weight is 190 g/mol. The Kier molecular flexibility index (Phi) is 1.81. The largest absolute Gasteiger partial charge is 0.478 e. The highest BCUT2D eigenvalue weighted by Crippen LogP contribution is 2.29. The summed E-state index contributed by atoms with van der Waals surface area (Å²) in [5, 5.41) is 8.46. The average Bonchev–Trinajstić information content (AvgIpc) is 2.44. The van der Waals surface area contributed by atoms with Crippen LogP contribution in [0.25, 0.3) is 0 Å². The molecule has 1 aromatic carbocycles. The van der Waals surface area contributed by atoms with Crippen LogP contribution >= 0.6 is 0 Å². The highest BCUT2D eigenvalue weighted by Gasteiger charge is 2.27. The molecule has 0 aliphatic carbocycles. The van der Waals surface area contributed by atoms with E-state index in [9.17, 15) is 9.59 Å². The van der Waals surface area contributed by atoms with E-state index >= 15 is 0 Å². The van der Waals surface area contributed by atoms with Crippen molar-refractivity contribution in [1.29, 1.82) is 0 Å². The molecule has 0 saturated heterocycles. The first-order chi connectivity index (χ1) is 6.68. The van der Waals surface area contributed by atoms with Crippen molar-refractivity contribution in [1.82, 2.24) is 0 Å². The van der Waals surface area contributed by atoms with Gasteiger partial charge in [-0.1, -0.05) is 12.1 Å². The Morgan fingerprint density at radius 2 is 2.07 bits per heavy atom. The molecule has 1 N–H and O–H groups in total. The summed E-state index contributed by atoms with van der Waals surface area (Å²) in [7, 11) is 0. The monoisotopic (exact) mass is 190 g/mol. The normalized spacial score (nSPS) is 16.6. The number of carboxylic acids is 1. The lowest BCUT2D eigenvalue weighted by Gasteiger charge is -1.94. The third-order valence-electron chi connectivity index (χ3n) is 1.83. The summed E-state index contributed by atoms with van der Waals surface area (Å²) >= 11 is 0. The molecule has 0 atom stereocenters. The summed E-state index contributed by atoms with van der Waals surface area (Å²) in [4.78, 5) is 21.8. The number of rotatable bonds is 1. The van der Waals surface area contributed by atoms with Crippen LogP contribution < -0.4 is 4.74 Å². The number of benzene rings is 1. The topological polar surface area (TPSA) is 63.6 Å². The van der Waals surface area contributed by atoms with Crippen molar-refractivity contribution in [3.63, 3.8) is 0 Å². The molecule has 70 valence electrons. The van der Waals surface area contributed by atoms with Crippen LogP contribution in [-0.2, 0) is 4.79 Å². The van der Waals surface area contributed by atoms with Crippen LogP contribution in [0.1, 0.15) is 10.4 Å². The minimum Gasteiger partial charge on any atom is -0.478 e. The summed E-state index contributed by atoms with van der Waals surface area (Å²) in [6.45, 7) is 0. The number of allylic oxidation sites excluding steroid dienone is 1. The van der Waals surface area contributed by atoms with E-state index in [1.54, 1.807) is 24.3 Å². The van der Waals surface area contributed by atoms with Gasteiger partial charge in [-0.15, -0.1) is 0 Å². The second-order valence-electron chi connectivity index (χ2n) is 2.77. The summed E-state index contributed by atoms with van der Waals surface area (Å²) in [6.07, 6.45) is 0.766. The molecule has 4 heteroatoms. The van der Waals surface area contributed by atoms with Crippen LogP contribution in [0.5, 0.6) is 5.75 Å². The minimum atomic E-state index is -1.19. The summed E-state index contributed by atoms with van der Waals surface area (Å²) in [6, 6.07) is 6.63. The molecule has 0 bridgehead atoms. The highest BCUT2D eigenvalue weighted by atomic mass is 16.5. The van der Waals surface area contributed by atoms with E-state index in [-0.39, 0.29) is 11.5 Å². The number of carboxylic acid groups (broad SMARTS) is 1. The second-order valence-corrected chi connectivity index (χ2v) is 2.77. The van der Waals surface area contributed by atoms with Crippen molar-refractivity contribution in [3.05, 3.63) is 41.7 Å². The van der Waals surface area contributed by atoms with Gasteiger partial charge < -0.3 is 9.84 Å². The molecule has 0 saturated carbocycles. The van der Waals surface area contributed by atoms with Gasteiger partial charge in [-0.05, 0) is 12.1 Å². The van der Waals surface area contributed by atoms with E-state index in [1.807, 2.05) is 0 Å². The molecule has 0 fully saturated rings. The zero-order chi connectivity index (χ0) is 10.1. The van der Waals surface area contributed by atoms with Crippen molar-refractivity contribution >= 4 is 11.8 Å². The van der Waals surface area contributed by atoms with Crippen LogP contribution in [0.2, 0.25) is 0 Å². The SMILES string of the molecule is O=C(O)/C=C1\Oc2ccccc2C1=O. The Balaban J connectivity index is 2.44. The van der Waals surface area contributed by atoms with E-state index in [2.05, 4.69) is 0 Å². The Morgan fingerprint density at radius 1 is 1.36 bits per heavy atom. The van der Waals surface area contributed by atoms with Gasteiger partial charge in [0.2, 0.25) is 5.78 Å². The van der Waals surface area contributed by atoms with Crippen molar-refractivity contribution in [2.24, 2.45) is 0 Å². The maximum Gasteiger partial charge on any atom is 0.332 e. The molecule has 0 unspecified atom stereocenters. The molecule has 1 aromatic rings. The summed E-state index contributed by atoms with van der Waals surface area (Å²) in [5.41, 5.74) is 0.403. The number of ketones is 1. The maximum atomic E-state index is 11.5. The molecule has 1 aliphatic rings. The lowest BCUT2D eigenvalue weighted by atomic mass is 10.1. The number of Topliss-reactive ketones (excluding diaryl/α,β-unsaturated/α-hetero) is 1. The molecule has 0 radical (unpaired) electrons. The van der Waals surface area contributed by atoms with Gasteiger partial charge in [-0.25, -0.2) is 4.79 Å². The van der Waals surface area contributed by atoms with Crippen molar-refractivity contribution in [2.75, 3.05) is 0 Å². The first-order valence-corrected chi connectivity index (χ1v) is 3.94. The maximum absolute atomic E-state index is 11.5. The van der Waals surface area contributed by atoms with E-state index in [0.717, 1.165) is 6.08 Å². The fourth-order valence-corrected chi connectivity index (χ4v) is 1.25. The zero-order valence-corrected chi connectivity index (χ0v) is 7.06. The summed E-state index contributed by atoms with van der Waals surface area (Å²) in [5.74, 6) is -1.31. The molecule has 1 heterocycles. The number of hydrogen-bond donors (Lipinski definition) is 1. The van der Waals surface area contributed by atoms with Gasteiger partial charge in [0.1, 0.15) is 5.75 Å². The number of fused-ring (bicyclic) bond motifs is 1. The quantitative estimate of drug-likeness (QED) is 0.676. The minimum absolute atomic E-state index is 0.140. The molecular weight excluding hydrogens is 184 g/mol. The van der Waals surface area contributed by atoms with E-state index in [0.29, 0.717) is 11.3 Å². The van der Waals surface area contributed by atoms with E-state index in [1.165, 1.54) is 0 Å². The van der Waals surface area contributed by atoms with E-state index in [4.69, 9.17) is 9.84 Å². The molecule has 2 rings (SSSR count). The van der Waals surface area contributed by atoms with Gasteiger partial charge in [0.05, 0.1) is 11.6 Å². The standard InChI is InChI=1S/C10H6O4/c11-9(12)5-8-10(13)6-3-1-2-4-7(6)14-8/h1-5H,(H,11,12)/b8-5-. The Labute approximate surface area is 79.4 Å². The second kappa shape index (κ2) is 2.99. The fourth-order valence-electron chi connectivity index (χ4n) is 1.25. The van der Waals surface area contributed by atoms with Crippen LogP contribution in [0.15, 0.2) is 36.1 Å². The first-order valence-electron chi connectivity index (χ1n) is 3.94. The Bertz CT molecular complexity index is 445. The van der Waals surface area contributed by atoms with Gasteiger partial charge in [-0.2, -0.15) is 0 Å². The lowest BCUT2D eigenvalue weighted by molar-refractivity contribution is -0.131. The Hall–Kier alpha value is -2.10. The van der Waals surface area contributed by atoms with Crippen LogP contribution in [0.3, 0.4) is 0 Å². The number of ether oxygens (including phenoxy) is 1. The third kappa shape index (κ3) is 1.26. The molecular formula is C10H6O4. The highest BCUT2D eigenvalue weighted by molar-refractivity contribution is 6.14. The molecule has 14 heavy (non-hydrogen) atoms. The number of hydrogen-bond acceptors (Lipinski definition) is 3. The summed E-state index contributed by atoms with van der Waals surface area (Å²) < 4.78 is 5.06. The fraction of sp³-hybridized carbons (Fsp3) is 0. The molecule has 4 nitrogen and oxygen atoms in total. The molecule has 0 amide bonds. The van der Waals surface area contributed by atoms with Crippen LogP contribution in [0.4, 0.5) is 0 Å². The smallest absolute Gasteiger partial charge is 0.332 e. The number of carbonyl (C=O) groups excluding carboxylic acids is 1. The van der Waals surface area contributed by atoms with Crippen LogP contribution in [-0.4, -0.2) is 16.9 Å². The van der Waals surface area contributed by atoms with E-state index < -0.39 is 5.97 Å². The predicted molar refractivity (Wildman–Crippen MR) is 47.1 cm³/mol. The van der Waals surface area contributed by atoms with Crippen LogP contribution in [0, 0.1) is 0 Å². The number of carbonyl (C=O) groups is 2. The van der Waals surface area contributed by atoms with Gasteiger partial charge in [-0.3, -0.25) is 4.79 Å². The third-order valence-corrected chi connectivity index (χ3v) is 1.83. The molecule has 0 spiro atoms. The predicted octanol–water partition coefficient (Wildman–Crippen LogP) is 1.23. The lowest BCUT2D eigenvalue weighted by Crippen LogP contribution is -2.02. The van der Waals surface area contributed by atoms with Gasteiger partial charge in [0.15, 0.2) is 5.76 Å². The molecule has 1 aliphatic heterocycles. The zero-order valence-electron chi connectivity index (χ0n) is 7.06. The van der Waals surface area contributed by atoms with Gasteiger partial charge in [0, 0.05) is 0 Å². The van der Waals surface area contributed by atoms with Gasteiger partial charge in [0.25, 0.3) is 0 Å². The Morgan fingerprint density at radius 3 is 2.71 bits per heavy atom. The van der Waals surface area contributed by atoms with Gasteiger partial charge >= 0.3 is 5.97 Å². The van der Waals surface area contributed by atoms with Crippen molar-refractivity contribution in [3.8, 4) is 5.75 Å². The number of aliphatic carboxylic acids is 1. The van der Waals surface area contributed by atoms with Crippen molar-refractivity contribution in [2.45, 2.75) is 0 Å². The molecule has 0 aromatic heterocycles. The number of para-hydroxylation sites is 1. The first kappa shape index (κ1) is 8.50.